The number of hydrogen-bond acceptors (Lipinski definition) is 5. The van der Waals surface area contributed by atoms with Crippen molar-refractivity contribution in [2.24, 2.45) is 0 Å². The molecule has 0 aliphatic heterocycles. The van der Waals surface area contributed by atoms with E-state index in [1.165, 1.54) is 5.56 Å². The van der Waals surface area contributed by atoms with Crippen molar-refractivity contribution in [1.29, 1.82) is 0 Å². The Morgan fingerprint density at radius 3 is 2.70 bits per heavy atom. The highest BCUT2D eigenvalue weighted by Crippen LogP contribution is 2.22. The summed E-state index contributed by atoms with van der Waals surface area (Å²) < 4.78 is 1.85. The molecule has 0 spiro atoms. The Hall–Kier alpha value is -2.44. The highest BCUT2D eigenvalue weighted by Gasteiger charge is 2.16. The van der Waals surface area contributed by atoms with E-state index in [1.807, 2.05) is 25.5 Å². The second-order valence-electron chi connectivity index (χ2n) is 4.74. The summed E-state index contributed by atoms with van der Waals surface area (Å²) in [6, 6.07) is 0. The van der Waals surface area contributed by atoms with Crippen molar-refractivity contribution in [2.45, 2.75) is 27.7 Å². The molecule has 2 N–H and O–H groups in total. The molecule has 0 unspecified atom stereocenters. The van der Waals surface area contributed by atoms with E-state index < -0.39 is 0 Å². The summed E-state index contributed by atoms with van der Waals surface area (Å²) in [5, 5.41) is 15.5. The van der Waals surface area contributed by atoms with E-state index in [4.69, 9.17) is 0 Å². The molecule has 7 nitrogen and oxygen atoms in total. The molecule has 0 aliphatic carbocycles. The first-order valence-electron chi connectivity index (χ1n) is 6.60. The third-order valence-corrected chi connectivity index (χ3v) is 3.48. The van der Waals surface area contributed by atoms with Crippen LogP contribution in [0.3, 0.4) is 0 Å². The van der Waals surface area contributed by atoms with E-state index in [-0.39, 0.29) is 0 Å². The van der Waals surface area contributed by atoms with Crippen LogP contribution >= 0.6 is 0 Å². The van der Waals surface area contributed by atoms with Gasteiger partial charge in [0.05, 0.1) is 17.3 Å². The van der Waals surface area contributed by atoms with E-state index in [0.717, 1.165) is 29.1 Å². The number of nitrogens with one attached hydrogen (secondary N) is 2. The van der Waals surface area contributed by atoms with E-state index in [0.29, 0.717) is 11.6 Å². The van der Waals surface area contributed by atoms with Crippen LogP contribution in [-0.4, -0.2) is 36.5 Å². The van der Waals surface area contributed by atoms with Crippen LogP contribution in [0, 0.1) is 20.8 Å². The van der Waals surface area contributed by atoms with Crippen LogP contribution in [0.4, 0.5) is 5.95 Å². The summed E-state index contributed by atoms with van der Waals surface area (Å²) in [6.07, 6.45) is 1.73. The molecule has 3 aromatic heterocycles. The minimum Gasteiger partial charge on any atom is -0.354 e. The SMILES string of the molecule is CCNc1nc(-n2nc(C)c(C)c2C)c2cn[nH]c2n1. The molecule has 3 heterocycles. The van der Waals surface area contributed by atoms with Gasteiger partial charge < -0.3 is 5.32 Å². The lowest BCUT2D eigenvalue weighted by Gasteiger charge is -2.08. The summed E-state index contributed by atoms with van der Waals surface area (Å²) in [5.74, 6) is 1.32. The average molecular weight is 271 g/mol. The molecule has 0 radical (unpaired) electrons. The van der Waals surface area contributed by atoms with Gasteiger partial charge in [0.25, 0.3) is 0 Å². The highest BCUT2D eigenvalue weighted by atomic mass is 15.3. The maximum atomic E-state index is 4.57. The van der Waals surface area contributed by atoms with Gasteiger partial charge in [-0.1, -0.05) is 0 Å². The molecule has 0 atom stereocenters. The summed E-state index contributed by atoms with van der Waals surface area (Å²) in [6.45, 7) is 8.87. The van der Waals surface area contributed by atoms with Crippen molar-refractivity contribution in [3.8, 4) is 5.82 Å². The predicted molar refractivity (Wildman–Crippen MR) is 77.2 cm³/mol. The first-order chi connectivity index (χ1) is 9.61. The van der Waals surface area contributed by atoms with Crippen molar-refractivity contribution in [3.63, 3.8) is 0 Å². The number of rotatable bonds is 3. The fourth-order valence-electron chi connectivity index (χ4n) is 2.15. The quantitative estimate of drug-likeness (QED) is 0.760. The lowest BCUT2D eigenvalue weighted by Crippen LogP contribution is -2.08. The number of aromatic nitrogens is 6. The van der Waals surface area contributed by atoms with Gasteiger partial charge in [-0.25, -0.2) is 4.68 Å². The largest absolute Gasteiger partial charge is 0.354 e. The second-order valence-corrected chi connectivity index (χ2v) is 4.74. The molecule has 0 aliphatic rings. The van der Waals surface area contributed by atoms with Crippen LogP contribution in [0.1, 0.15) is 23.9 Å². The Bertz CT molecular complexity index is 768. The monoisotopic (exact) mass is 271 g/mol. The maximum Gasteiger partial charge on any atom is 0.226 e. The van der Waals surface area contributed by atoms with Gasteiger partial charge in [0.2, 0.25) is 5.95 Å². The Labute approximate surface area is 116 Å². The van der Waals surface area contributed by atoms with Crippen LogP contribution in [0.15, 0.2) is 6.20 Å². The summed E-state index contributed by atoms with van der Waals surface area (Å²) in [4.78, 5) is 8.96. The van der Waals surface area contributed by atoms with Crippen LogP contribution in [-0.2, 0) is 0 Å². The predicted octanol–water partition coefficient (Wildman–Crippen LogP) is 1.90. The van der Waals surface area contributed by atoms with Gasteiger partial charge in [-0.3, -0.25) is 5.10 Å². The molecule has 104 valence electrons. The number of aryl methyl sites for hydroxylation is 1. The Balaban J connectivity index is 2.28. The van der Waals surface area contributed by atoms with Gasteiger partial charge in [-0.15, -0.1) is 0 Å². The molecule has 3 aromatic rings. The Kier molecular flexibility index (Phi) is 2.89. The minimum atomic E-state index is 0.574. The highest BCUT2D eigenvalue weighted by molar-refractivity contribution is 5.82. The summed E-state index contributed by atoms with van der Waals surface area (Å²) in [7, 11) is 0. The molecule has 0 saturated heterocycles. The van der Waals surface area contributed by atoms with Crippen molar-refractivity contribution in [1.82, 2.24) is 29.9 Å². The normalized spacial score (nSPS) is 11.2. The van der Waals surface area contributed by atoms with Gasteiger partial charge in [0.15, 0.2) is 11.5 Å². The Morgan fingerprint density at radius 1 is 1.25 bits per heavy atom. The molecule has 0 fully saturated rings. The minimum absolute atomic E-state index is 0.574. The molecule has 0 saturated carbocycles. The van der Waals surface area contributed by atoms with Crippen LogP contribution in [0.5, 0.6) is 0 Å². The van der Waals surface area contributed by atoms with Gasteiger partial charge in [-0.05, 0) is 33.3 Å². The first kappa shape index (κ1) is 12.6. The van der Waals surface area contributed by atoms with Crippen molar-refractivity contribution >= 4 is 17.0 Å². The number of anilines is 1. The third kappa shape index (κ3) is 1.82. The number of nitrogens with zero attached hydrogens (tertiary/aromatic N) is 5. The van der Waals surface area contributed by atoms with Crippen molar-refractivity contribution in [2.75, 3.05) is 11.9 Å². The maximum absolute atomic E-state index is 4.57. The molecule has 0 amide bonds. The van der Waals surface area contributed by atoms with Crippen molar-refractivity contribution < 1.29 is 0 Å². The zero-order chi connectivity index (χ0) is 14.3. The topological polar surface area (TPSA) is 84.3 Å². The number of aromatic amines is 1. The fraction of sp³-hybridized carbons (Fsp3) is 0.385. The summed E-state index contributed by atoms with van der Waals surface area (Å²) >= 11 is 0. The zero-order valence-electron chi connectivity index (χ0n) is 12.0. The Morgan fingerprint density at radius 2 is 2.05 bits per heavy atom. The van der Waals surface area contributed by atoms with Crippen LogP contribution < -0.4 is 5.32 Å². The molecule has 0 bridgehead atoms. The third-order valence-electron chi connectivity index (χ3n) is 3.48. The number of fused-ring (bicyclic) bond motifs is 1. The van der Waals surface area contributed by atoms with E-state index >= 15 is 0 Å². The fourth-order valence-corrected chi connectivity index (χ4v) is 2.15. The average Bonchev–Trinajstić information content (AvgIpc) is 2.99. The number of H-pyrrole nitrogens is 1. The van der Waals surface area contributed by atoms with Gasteiger partial charge in [-0.2, -0.15) is 20.2 Å². The first-order valence-corrected chi connectivity index (χ1v) is 6.60. The van der Waals surface area contributed by atoms with Crippen LogP contribution in [0.2, 0.25) is 0 Å². The zero-order valence-corrected chi connectivity index (χ0v) is 12.0. The van der Waals surface area contributed by atoms with Crippen molar-refractivity contribution in [3.05, 3.63) is 23.1 Å². The molecule has 0 aromatic carbocycles. The smallest absolute Gasteiger partial charge is 0.226 e. The van der Waals surface area contributed by atoms with Gasteiger partial charge in [0.1, 0.15) is 0 Å². The molecular weight excluding hydrogens is 254 g/mol. The standard InChI is InChI=1S/C13H17N7/c1-5-14-13-16-11-10(6-15-18-11)12(17-13)20-9(4)7(2)8(3)19-20/h6H,5H2,1-4H3,(H2,14,15,16,17,18). The van der Waals surface area contributed by atoms with Crippen LogP contribution in [0.25, 0.3) is 16.9 Å². The van der Waals surface area contributed by atoms with Gasteiger partial charge in [0, 0.05) is 12.2 Å². The van der Waals surface area contributed by atoms with E-state index in [1.54, 1.807) is 6.20 Å². The molecule has 7 heteroatoms. The van der Waals surface area contributed by atoms with Gasteiger partial charge >= 0.3 is 0 Å². The van der Waals surface area contributed by atoms with E-state index in [9.17, 15) is 0 Å². The lowest BCUT2D eigenvalue weighted by molar-refractivity contribution is 0.810. The lowest BCUT2D eigenvalue weighted by atomic mass is 10.2. The second kappa shape index (κ2) is 4.59. The number of hydrogen-bond donors (Lipinski definition) is 2. The van der Waals surface area contributed by atoms with E-state index in [2.05, 4.69) is 37.5 Å². The molecule has 20 heavy (non-hydrogen) atoms. The summed E-state index contributed by atoms with van der Waals surface area (Å²) in [5.41, 5.74) is 3.95. The molecular formula is C13H17N7. The molecule has 3 rings (SSSR count).